The van der Waals surface area contributed by atoms with E-state index in [4.69, 9.17) is 9.72 Å². The molecule has 1 aliphatic heterocycles. The Hall–Kier alpha value is -3.18. The molecular weight excluding hydrogens is 344 g/mol. The van der Waals surface area contributed by atoms with Crippen LogP contribution in [0.3, 0.4) is 0 Å². The van der Waals surface area contributed by atoms with Crippen LogP contribution >= 0.6 is 11.3 Å². The van der Waals surface area contributed by atoms with Gasteiger partial charge in [-0.15, -0.1) is 11.3 Å². The van der Waals surface area contributed by atoms with Gasteiger partial charge >= 0.3 is 0 Å². The summed E-state index contributed by atoms with van der Waals surface area (Å²) < 4.78 is 7.80. The summed E-state index contributed by atoms with van der Waals surface area (Å²) in [4.78, 5) is 18.6. The number of nitrogens with zero attached hydrogens (tertiary/aromatic N) is 2. The van der Waals surface area contributed by atoms with E-state index in [1.165, 1.54) is 0 Å². The zero-order chi connectivity index (χ0) is 17.5. The molecule has 0 spiro atoms. The van der Waals surface area contributed by atoms with Crippen LogP contribution < -0.4 is 4.74 Å². The highest BCUT2D eigenvalue weighted by Gasteiger charge is 2.24. The van der Waals surface area contributed by atoms with E-state index in [9.17, 15) is 4.79 Å². The summed E-state index contributed by atoms with van der Waals surface area (Å²) in [5.41, 5.74) is 4.04. The molecule has 5 rings (SSSR count). The van der Waals surface area contributed by atoms with E-state index in [0.29, 0.717) is 16.9 Å². The first-order valence-corrected chi connectivity index (χ1v) is 9.17. The molecule has 0 saturated heterocycles. The molecule has 0 unspecified atom stereocenters. The van der Waals surface area contributed by atoms with Crippen LogP contribution in [0.1, 0.15) is 16.1 Å². The Morgan fingerprint density at radius 2 is 1.88 bits per heavy atom. The Kier molecular flexibility index (Phi) is 3.47. The van der Waals surface area contributed by atoms with Crippen LogP contribution in [0.2, 0.25) is 0 Å². The van der Waals surface area contributed by atoms with Gasteiger partial charge in [-0.2, -0.15) is 0 Å². The predicted molar refractivity (Wildman–Crippen MR) is 103 cm³/mol. The van der Waals surface area contributed by atoms with Crippen LogP contribution in [0.5, 0.6) is 5.75 Å². The minimum Gasteiger partial charge on any atom is -0.488 e. The first kappa shape index (κ1) is 15.1. The van der Waals surface area contributed by atoms with E-state index >= 15 is 0 Å². The van der Waals surface area contributed by atoms with Gasteiger partial charge in [-0.25, -0.2) is 4.98 Å². The summed E-state index contributed by atoms with van der Waals surface area (Å²) in [6.07, 6.45) is 3.89. The molecule has 126 valence electrons. The number of ether oxygens (including phenoxy) is 1. The number of hydrogen-bond donors (Lipinski definition) is 0. The van der Waals surface area contributed by atoms with Crippen LogP contribution in [-0.4, -0.2) is 21.8 Å². The molecule has 0 bridgehead atoms. The number of para-hydroxylation sites is 1. The molecule has 0 atom stereocenters. The van der Waals surface area contributed by atoms with E-state index in [-0.39, 0.29) is 12.4 Å². The smallest absolute Gasteiger partial charge is 0.196 e. The van der Waals surface area contributed by atoms with Crippen LogP contribution in [0.25, 0.3) is 22.3 Å². The van der Waals surface area contributed by atoms with E-state index in [1.54, 1.807) is 17.4 Å². The third-order valence-corrected chi connectivity index (χ3v) is 5.22. The Morgan fingerprint density at radius 3 is 2.77 bits per heavy atom. The summed E-state index contributed by atoms with van der Waals surface area (Å²) in [6, 6.07) is 17.4. The molecule has 0 aliphatic carbocycles. The second-order valence-electron chi connectivity index (χ2n) is 6.05. The van der Waals surface area contributed by atoms with Gasteiger partial charge in [0.15, 0.2) is 10.7 Å². The van der Waals surface area contributed by atoms with Crippen molar-refractivity contribution in [3.05, 3.63) is 83.0 Å². The maximum atomic E-state index is 12.9. The molecule has 3 heterocycles. The van der Waals surface area contributed by atoms with Gasteiger partial charge in [0, 0.05) is 22.7 Å². The number of Topliss-reactive ketones (excluding diaryl/α,β-unsaturated/α-hetero) is 1. The number of ketones is 1. The molecule has 1 aliphatic rings. The van der Waals surface area contributed by atoms with Crippen LogP contribution in [0, 0.1) is 0 Å². The van der Waals surface area contributed by atoms with Gasteiger partial charge in [0.25, 0.3) is 0 Å². The molecule has 0 fully saturated rings. The van der Waals surface area contributed by atoms with Gasteiger partial charge < -0.3 is 4.74 Å². The second-order valence-corrected chi connectivity index (χ2v) is 6.92. The molecular formula is C21H14N2O2S. The van der Waals surface area contributed by atoms with E-state index in [1.807, 2.05) is 70.6 Å². The highest BCUT2D eigenvalue weighted by molar-refractivity contribution is 7.15. The van der Waals surface area contributed by atoms with E-state index < -0.39 is 0 Å². The number of fused-ring (bicyclic) bond motifs is 2. The summed E-state index contributed by atoms with van der Waals surface area (Å²) in [5.74, 6) is 0.655. The quantitative estimate of drug-likeness (QED) is 0.487. The van der Waals surface area contributed by atoms with Crippen molar-refractivity contribution in [1.82, 2.24) is 9.38 Å². The molecule has 2 aromatic carbocycles. The molecule has 0 saturated carbocycles. The van der Waals surface area contributed by atoms with Crippen molar-refractivity contribution in [2.75, 3.05) is 6.61 Å². The lowest BCUT2D eigenvalue weighted by molar-refractivity contribution is 0.100. The number of imidazole rings is 1. The molecule has 0 radical (unpaired) electrons. The fraction of sp³-hybridized carbons (Fsp3) is 0.0476. The monoisotopic (exact) mass is 358 g/mol. The number of thiazole rings is 1. The molecule has 2 aromatic heterocycles. The Morgan fingerprint density at radius 1 is 1.08 bits per heavy atom. The van der Waals surface area contributed by atoms with Gasteiger partial charge in [-0.3, -0.25) is 9.20 Å². The summed E-state index contributed by atoms with van der Waals surface area (Å²) in [6.45, 7) is 0.265. The number of aromatic nitrogens is 2. The fourth-order valence-electron chi connectivity index (χ4n) is 3.20. The van der Waals surface area contributed by atoms with Gasteiger partial charge in [0.1, 0.15) is 12.4 Å². The van der Waals surface area contributed by atoms with Gasteiger partial charge in [-0.05, 0) is 18.2 Å². The largest absolute Gasteiger partial charge is 0.488 e. The summed E-state index contributed by atoms with van der Waals surface area (Å²) >= 11 is 1.57. The predicted octanol–water partition coefficient (Wildman–Crippen LogP) is 4.72. The lowest BCUT2D eigenvalue weighted by Gasteiger charge is -2.18. The summed E-state index contributed by atoms with van der Waals surface area (Å²) in [5, 5.41) is 1.99. The first-order valence-electron chi connectivity index (χ1n) is 8.29. The lowest BCUT2D eigenvalue weighted by atomic mass is 9.98. The maximum absolute atomic E-state index is 12.9. The zero-order valence-electron chi connectivity index (χ0n) is 13.8. The number of rotatable bonds is 2. The molecule has 0 amide bonds. The third kappa shape index (κ3) is 2.36. The average molecular weight is 358 g/mol. The Labute approximate surface area is 154 Å². The number of carbonyl (C=O) groups excluding carboxylic acids is 1. The molecule has 0 N–H and O–H groups in total. The molecule has 4 nitrogen and oxygen atoms in total. The highest BCUT2D eigenvalue weighted by atomic mass is 32.1. The fourth-order valence-corrected chi connectivity index (χ4v) is 3.92. The minimum atomic E-state index is 0.0102. The highest BCUT2D eigenvalue weighted by Crippen LogP contribution is 2.31. The molecule has 4 aromatic rings. The number of hydrogen-bond acceptors (Lipinski definition) is 4. The van der Waals surface area contributed by atoms with E-state index in [0.717, 1.165) is 21.9 Å². The molecule has 26 heavy (non-hydrogen) atoms. The topological polar surface area (TPSA) is 43.6 Å². The first-order chi connectivity index (χ1) is 12.8. The summed E-state index contributed by atoms with van der Waals surface area (Å²) in [7, 11) is 0. The Balaban J connectivity index is 1.67. The molecule has 5 heteroatoms. The van der Waals surface area contributed by atoms with Crippen LogP contribution in [0.4, 0.5) is 0 Å². The van der Waals surface area contributed by atoms with Crippen molar-refractivity contribution >= 4 is 28.2 Å². The minimum absolute atomic E-state index is 0.0102. The lowest BCUT2D eigenvalue weighted by Crippen LogP contribution is -2.19. The van der Waals surface area contributed by atoms with Crippen molar-refractivity contribution in [2.24, 2.45) is 0 Å². The van der Waals surface area contributed by atoms with Crippen LogP contribution in [0.15, 0.2) is 71.7 Å². The number of carbonyl (C=O) groups is 1. The second kappa shape index (κ2) is 5.97. The van der Waals surface area contributed by atoms with E-state index in [2.05, 4.69) is 0 Å². The van der Waals surface area contributed by atoms with Gasteiger partial charge in [-0.1, -0.05) is 42.5 Å². The third-order valence-electron chi connectivity index (χ3n) is 4.46. The Bertz CT molecular complexity index is 1160. The van der Waals surface area contributed by atoms with Crippen molar-refractivity contribution < 1.29 is 9.53 Å². The zero-order valence-corrected chi connectivity index (χ0v) is 14.6. The van der Waals surface area contributed by atoms with Gasteiger partial charge in [0.05, 0.1) is 17.0 Å². The normalized spacial score (nSPS) is 15.2. The van der Waals surface area contributed by atoms with Crippen molar-refractivity contribution in [1.29, 1.82) is 0 Å². The standard InChI is InChI=1S/C21H14N2O2S/c24-20-15(13-25-18-9-5-4-8-16(18)20)12-17-19(14-6-2-1-3-7-14)22-21-23(17)10-11-26-21/h1-12H,13H2/b15-12+. The SMILES string of the molecule is O=C1/C(=C/c2c(-c3ccccc3)nc3sccn23)COc2ccccc21. The number of benzene rings is 2. The van der Waals surface area contributed by atoms with Gasteiger partial charge in [0.2, 0.25) is 0 Å². The van der Waals surface area contributed by atoms with Crippen molar-refractivity contribution in [3.8, 4) is 17.0 Å². The maximum Gasteiger partial charge on any atom is 0.196 e. The van der Waals surface area contributed by atoms with Crippen molar-refractivity contribution in [2.45, 2.75) is 0 Å². The van der Waals surface area contributed by atoms with Crippen molar-refractivity contribution in [3.63, 3.8) is 0 Å². The van der Waals surface area contributed by atoms with Crippen LogP contribution in [-0.2, 0) is 0 Å². The average Bonchev–Trinajstić information content (AvgIpc) is 3.27.